The van der Waals surface area contributed by atoms with Crippen molar-refractivity contribution in [2.75, 3.05) is 19.6 Å². The molecule has 0 bridgehead atoms. The third-order valence-corrected chi connectivity index (χ3v) is 4.67. The van der Waals surface area contributed by atoms with Crippen LogP contribution >= 0.6 is 0 Å². The molecule has 1 N–H and O–H groups in total. The lowest BCUT2D eigenvalue weighted by Gasteiger charge is -2.28. The largest absolute Gasteiger partial charge is 0.456 e. The fourth-order valence-electron chi connectivity index (χ4n) is 3.44. The molecule has 1 saturated heterocycles. The average Bonchev–Trinajstić information content (AvgIpc) is 2.93. The van der Waals surface area contributed by atoms with E-state index >= 15 is 0 Å². The SMILES string of the molecule is OC(CN1CCCCC1)c1ccc2oc3ccccc3c2c1. The summed E-state index contributed by atoms with van der Waals surface area (Å²) in [6, 6.07) is 14.1. The number of β-amino-alcohol motifs (C(OH)–C–C–N with tert-alkyl or cyclic N) is 1. The van der Waals surface area contributed by atoms with E-state index in [0.717, 1.165) is 47.1 Å². The van der Waals surface area contributed by atoms with Crippen molar-refractivity contribution in [2.24, 2.45) is 0 Å². The summed E-state index contributed by atoms with van der Waals surface area (Å²) in [6.07, 6.45) is 3.38. The monoisotopic (exact) mass is 295 g/mol. The molecule has 0 radical (unpaired) electrons. The molecule has 1 aromatic heterocycles. The second kappa shape index (κ2) is 5.75. The maximum Gasteiger partial charge on any atom is 0.135 e. The van der Waals surface area contributed by atoms with Gasteiger partial charge < -0.3 is 14.4 Å². The van der Waals surface area contributed by atoms with E-state index in [1.54, 1.807) is 0 Å². The van der Waals surface area contributed by atoms with Gasteiger partial charge in [-0.2, -0.15) is 0 Å². The molecule has 2 aromatic carbocycles. The van der Waals surface area contributed by atoms with E-state index in [1.807, 2.05) is 30.3 Å². The molecule has 1 fully saturated rings. The molecule has 1 aliphatic heterocycles. The van der Waals surface area contributed by atoms with E-state index in [4.69, 9.17) is 4.42 Å². The fraction of sp³-hybridized carbons (Fsp3) is 0.368. The molecule has 22 heavy (non-hydrogen) atoms. The molecule has 1 aliphatic rings. The number of hydrogen-bond acceptors (Lipinski definition) is 3. The molecule has 1 atom stereocenters. The molecule has 0 saturated carbocycles. The number of aliphatic hydroxyl groups is 1. The van der Waals surface area contributed by atoms with Crippen LogP contribution in [0.25, 0.3) is 21.9 Å². The van der Waals surface area contributed by atoms with E-state index in [1.165, 1.54) is 19.3 Å². The Morgan fingerprint density at radius 3 is 2.59 bits per heavy atom. The van der Waals surface area contributed by atoms with E-state index in [9.17, 15) is 5.11 Å². The Kier molecular flexibility index (Phi) is 3.60. The van der Waals surface area contributed by atoms with Gasteiger partial charge in [0.2, 0.25) is 0 Å². The van der Waals surface area contributed by atoms with Crippen molar-refractivity contribution < 1.29 is 9.52 Å². The maximum absolute atomic E-state index is 10.6. The zero-order valence-corrected chi connectivity index (χ0v) is 12.7. The number of nitrogens with zero attached hydrogens (tertiary/aromatic N) is 1. The Morgan fingerprint density at radius 1 is 0.955 bits per heavy atom. The number of aliphatic hydroxyl groups excluding tert-OH is 1. The smallest absolute Gasteiger partial charge is 0.135 e. The summed E-state index contributed by atoms with van der Waals surface area (Å²) >= 11 is 0. The third kappa shape index (κ3) is 2.51. The Labute approximate surface area is 130 Å². The highest BCUT2D eigenvalue weighted by atomic mass is 16.3. The van der Waals surface area contributed by atoms with Gasteiger partial charge in [-0.3, -0.25) is 0 Å². The summed E-state index contributed by atoms with van der Waals surface area (Å²) in [7, 11) is 0. The fourth-order valence-corrected chi connectivity index (χ4v) is 3.44. The van der Waals surface area contributed by atoms with Gasteiger partial charge in [-0.25, -0.2) is 0 Å². The van der Waals surface area contributed by atoms with E-state index in [0.29, 0.717) is 0 Å². The van der Waals surface area contributed by atoms with Gasteiger partial charge in [0.25, 0.3) is 0 Å². The van der Waals surface area contributed by atoms with Crippen LogP contribution < -0.4 is 0 Å². The number of fused-ring (bicyclic) bond motifs is 3. The van der Waals surface area contributed by atoms with Crippen LogP contribution in [0.2, 0.25) is 0 Å². The lowest BCUT2D eigenvalue weighted by Crippen LogP contribution is -2.33. The molecule has 0 spiro atoms. The third-order valence-electron chi connectivity index (χ3n) is 4.67. The summed E-state index contributed by atoms with van der Waals surface area (Å²) in [5.74, 6) is 0. The molecule has 1 unspecified atom stereocenters. The van der Waals surface area contributed by atoms with Gasteiger partial charge in [-0.15, -0.1) is 0 Å². The Hall–Kier alpha value is -1.84. The van der Waals surface area contributed by atoms with Gasteiger partial charge in [0, 0.05) is 17.3 Å². The molecule has 3 heteroatoms. The molecular formula is C19H21NO2. The first-order valence-corrected chi connectivity index (χ1v) is 8.13. The minimum atomic E-state index is -0.434. The summed E-state index contributed by atoms with van der Waals surface area (Å²) in [4.78, 5) is 2.37. The topological polar surface area (TPSA) is 36.6 Å². The molecule has 114 valence electrons. The molecule has 4 rings (SSSR count). The van der Waals surface area contributed by atoms with Gasteiger partial charge in [0.15, 0.2) is 0 Å². The Bertz CT molecular complexity index is 786. The molecule has 0 amide bonds. The summed E-state index contributed by atoms with van der Waals surface area (Å²) in [6.45, 7) is 2.93. The number of piperidine rings is 1. The molecule has 3 aromatic rings. The highest BCUT2D eigenvalue weighted by Gasteiger charge is 2.17. The van der Waals surface area contributed by atoms with E-state index in [-0.39, 0.29) is 0 Å². The van der Waals surface area contributed by atoms with Crippen LogP contribution in [0.3, 0.4) is 0 Å². The molecule has 3 nitrogen and oxygen atoms in total. The van der Waals surface area contributed by atoms with Crippen LogP contribution in [-0.4, -0.2) is 29.6 Å². The van der Waals surface area contributed by atoms with Crippen LogP contribution in [0.5, 0.6) is 0 Å². The van der Waals surface area contributed by atoms with E-state index in [2.05, 4.69) is 17.0 Å². The average molecular weight is 295 g/mol. The molecule has 2 heterocycles. The number of furan rings is 1. The van der Waals surface area contributed by atoms with Crippen molar-refractivity contribution in [1.82, 2.24) is 4.90 Å². The number of rotatable bonds is 3. The van der Waals surface area contributed by atoms with Crippen LogP contribution in [-0.2, 0) is 0 Å². The first kappa shape index (κ1) is 13.8. The summed E-state index contributed by atoms with van der Waals surface area (Å²) in [5.41, 5.74) is 2.76. The summed E-state index contributed by atoms with van der Waals surface area (Å²) in [5, 5.41) is 12.8. The van der Waals surface area contributed by atoms with Crippen molar-refractivity contribution in [3.05, 3.63) is 48.0 Å². The van der Waals surface area contributed by atoms with Crippen molar-refractivity contribution in [3.63, 3.8) is 0 Å². The number of likely N-dealkylation sites (tertiary alicyclic amines) is 1. The number of benzene rings is 2. The van der Waals surface area contributed by atoms with Gasteiger partial charge in [0.05, 0.1) is 6.10 Å². The second-order valence-corrected chi connectivity index (χ2v) is 6.23. The van der Waals surface area contributed by atoms with Crippen LogP contribution in [0.1, 0.15) is 30.9 Å². The Morgan fingerprint density at radius 2 is 1.73 bits per heavy atom. The Balaban J connectivity index is 1.64. The van der Waals surface area contributed by atoms with Crippen molar-refractivity contribution in [3.8, 4) is 0 Å². The maximum atomic E-state index is 10.6. The second-order valence-electron chi connectivity index (χ2n) is 6.23. The van der Waals surface area contributed by atoms with Crippen molar-refractivity contribution in [1.29, 1.82) is 0 Å². The van der Waals surface area contributed by atoms with Crippen LogP contribution in [0.15, 0.2) is 46.9 Å². The normalized spacial score (nSPS) is 18.0. The standard InChI is InChI=1S/C19H21NO2/c21-17(13-20-10-4-1-5-11-20)14-8-9-19-16(12-14)15-6-2-3-7-18(15)22-19/h2-3,6-9,12,17,21H,1,4-5,10-11,13H2. The summed E-state index contributed by atoms with van der Waals surface area (Å²) < 4.78 is 5.85. The van der Waals surface area contributed by atoms with Crippen LogP contribution in [0.4, 0.5) is 0 Å². The van der Waals surface area contributed by atoms with Gasteiger partial charge >= 0.3 is 0 Å². The highest BCUT2D eigenvalue weighted by molar-refractivity contribution is 6.04. The highest BCUT2D eigenvalue weighted by Crippen LogP contribution is 2.30. The van der Waals surface area contributed by atoms with Gasteiger partial charge in [-0.05, 0) is 49.7 Å². The first-order chi connectivity index (χ1) is 10.8. The minimum Gasteiger partial charge on any atom is -0.456 e. The molecular weight excluding hydrogens is 274 g/mol. The first-order valence-electron chi connectivity index (χ1n) is 8.13. The van der Waals surface area contributed by atoms with Crippen LogP contribution in [0, 0.1) is 0 Å². The lowest BCUT2D eigenvalue weighted by atomic mass is 10.0. The van der Waals surface area contributed by atoms with E-state index < -0.39 is 6.10 Å². The molecule has 0 aliphatic carbocycles. The lowest BCUT2D eigenvalue weighted by molar-refractivity contribution is 0.102. The predicted molar refractivity (Wildman–Crippen MR) is 89.0 cm³/mol. The van der Waals surface area contributed by atoms with Crippen molar-refractivity contribution >= 4 is 21.9 Å². The van der Waals surface area contributed by atoms with Gasteiger partial charge in [0.1, 0.15) is 11.2 Å². The number of hydrogen-bond donors (Lipinski definition) is 1. The van der Waals surface area contributed by atoms with Gasteiger partial charge in [-0.1, -0.05) is 30.7 Å². The van der Waals surface area contributed by atoms with Crippen molar-refractivity contribution in [2.45, 2.75) is 25.4 Å². The zero-order valence-electron chi connectivity index (χ0n) is 12.7. The predicted octanol–water partition coefficient (Wildman–Crippen LogP) is 4.11. The zero-order chi connectivity index (χ0) is 14.9. The quantitative estimate of drug-likeness (QED) is 0.790. The number of para-hydroxylation sites is 1. The minimum absolute atomic E-state index is 0.434.